The van der Waals surface area contributed by atoms with Crippen LogP contribution in [0.25, 0.3) is 0 Å². The fourth-order valence-electron chi connectivity index (χ4n) is 0.698. The van der Waals surface area contributed by atoms with Crippen LogP contribution in [0.3, 0.4) is 0 Å². The first-order valence-electron chi connectivity index (χ1n) is 3.92. The van der Waals surface area contributed by atoms with Crippen LogP contribution < -0.4 is 0 Å². The largest absolute Gasteiger partial charge is 0.525 e. The average Bonchev–Trinajstić information content (AvgIpc) is 2.10. The smallest absolute Gasteiger partial charge is 0.311 e. The van der Waals surface area contributed by atoms with Gasteiger partial charge in [0.05, 0.1) is 6.61 Å². The second-order valence-electron chi connectivity index (χ2n) is 2.76. The van der Waals surface area contributed by atoms with Crippen molar-refractivity contribution in [3.05, 3.63) is 12.7 Å². The van der Waals surface area contributed by atoms with Crippen LogP contribution in [0.15, 0.2) is 12.7 Å². The summed E-state index contributed by atoms with van der Waals surface area (Å²) in [4.78, 5) is 0. The van der Waals surface area contributed by atoms with Crippen molar-refractivity contribution in [2.75, 3.05) is 6.61 Å². The SMILES string of the molecule is C=CCOC(F)(F)C(F)(OC(F)(F)F)C(F)(F)F. The summed E-state index contributed by atoms with van der Waals surface area (Å²) in [5.74, 6) is -6.36. The van der Waals surface area contributed by atoms with Crippen molar-refractivity contribution in [1.82, 2.24) is 0 Å². The first-order valence-corrected chi connectivity index (χ1v) is 3.92. The van der Waals surface area contributed by atoms with E-state index in [2.05, 4.69) is 11.3 Å². The molecule has 0 aromatic carbocycles. The van der Waals surface area contributed by atoms with Crippen molar-refractivity contribution < 1.29 is 49.0 Å². The van der Waals surface area contributed by atoms with E-state index in [9.17, 15) is 39.5 Å². The van der Waals surface area contributed by atoms with Crippen molar-refractivity contribution in [3.8, 4) is 0 Å². The Balaban J connectivity index is 5.41. The molecule has 0 aromatic heterocycles. The Hall–Kier alpha value is -0.970. The van der Waals surface area contributed by atoms with Gasteiger partial charge in [0, 0.05) is 0 Å². The molecule has 0 N–H and O–H groups in total. The molecule has 18 heavy (non-hydrogen) atoms. The number of alkyl halides is 9. The van der Waals surface area contributed by atoms with Gasteiger partial charge in [0.15, 0.2) is 0 Å². The molecule has 0 amide bonds. The van der Waals surface area contributed by atoms with Crippen LogP contribution in [0, 0.1) is 0 Å². The van der Waals surface area contributed by atoms with Crippen molar-refractivity contribution in [3.63, 3.8) is 0 Å². The Kier molecular flexibility index (Phi) is 4.69. The lowest BCUT2D eigenvalue weighted by Crippen LogP contribution is -2.60. The number of hydrogen-bond acceptors (Lipinski definition) is 2. The Bertz CT molecular complexity index is 294. The molecule has 0 saturated heterocycles. The first-order chi connectivity index (χ1) is 7.77. The van der Waals surface area contributed by atoms with E-state index in [-0.39, 0.29) is 0 Å². The highest BCUT2D eigenvalue weighted by atomic mass is 19.4. The summed E-state index contributed by atoms with van der Waals surface area (Å²) < 4.78 is 114. The summed E-state index contributed by atoms with van der Waals surface area (Å²) in [7, 11) is 0. The maximum Gasteiger partial charge on any atom is 0.525 e. The molecule has 0 fully saturated rings. The molecule has 2 nitrogen and oxygen atoms in total. The van der Waals surface area contributed by atoms with E-state index in [1.807, 2.05) is 4.74 Å². The summed E-state index contributed by atoms with van der Waals surface area (Å²) >= 11 is 0. The van der Waals surface area contributed by atoms with E-state index in [0.717, 1.165) is 0 Å². The summed E-state index contributed by atoms with van der Waals surface area (Å²) in [5.41, 5.74) is 0. The fraction of sp³-hybridized carbons (Fsp3) is 0.714. The Labute approximate surface area is 94.0 Å². The van der Waals surface area contributed by atoms with Crippen LogP contribution in [0.5, 0.6) is 0 Å². The third kappa shape index (κ3) is 3.77. The lowest BCUT2D eigenvalue weighted by molar-refractivity contribution is -0.519. The molecule has 0 aliphatic rings. The van der Waals surface area contributed by atoms with E-state index >= 15 is 0 Å². The van der Waals surface area contributed by atoms with Crippen LogP contribution in [-0.2, 0) is 9.47 Å². The van der Waals surface area contributed by atoms with E-state index in [0.29, 0.717) is 6.08 Å². The van der Waals surface area contributed by atoms with Gasteiger partial charge < -0.3 is 4.74 Å². The highest BCUT2D eigenvalue weighted by Gasteiger charge is 2.77. The van der Waals surface area contributed by atoms with E-state index < -0.39 is 31.1 Å². The van der Waals surface area contributed by atoms with Gasteiger partial charge in [-0.25, -0.2) is 4.74 Å². The lowest BCUT2D eigenvalue weighted by Gasteiger charge is -2.33. The standard InChI is InChI=1S/C7H5F9O2/c1-2-3-17-6(12,13)4(8,5(9,10)11)18-7(14,15)16/h2H,1,3H2. The molecule has 11 heteroatoms. The normalized spacial score (nSPS) is 17.4. The summed E-state index contributed by atoms with van der Waals surface area (Å²) in [6, 6.07) is 0. The minimum absolute atomic E-state index is 0.484. The van der Waals surface area contributed by atoms with Crippen LogP contribution in [0.4, 0.5) is 39.5 Å². The van der Waals surface area contributed by atoms with Gasteiger partial charge in [0.1, 0.15) is 0 Å². The molecule has 0 bridgehead atoms. The van der Waals surface area contributed by atoms with Gasteiger partial charge in [0.25, 0.3) is 0 Å². The molecular weight excluding hydrogens is 287 g/mol. The van der Waals surface area contributed by atoms with Gasteiger partial charge in [-0.05, 0) is 0 Å². The predicted octanol–water partition coefficient (Wildman–Crippen LogP) is 3.55. The van der Waals surface area contributed by atoms with Crippen LogP contribution in [0.2, 0.25) is 0 Å². The zero-order valence-electron chi connectivity index (χ0n) is 8.21. The molecule has 0 aromatic rings. The number of halogens is 9. The minimum Gasteiger partial charge on any atom is -0.311 e. The average molecular weight is 292 g/mol. The van der Waals surface area contributed by atoms with E-state index in [4.69, 9.17) is 0 Å². The van der Waals surface area contributed by atoms with Gasteiger partial charge in [-0.1, -0.05) is 6.08 Å². The van der Waals surface area contributed by atoms with Crippen LogP contribution in [-0.4, -0.2) is 31.1 Å². The number of hydrogen-bond donors (Lipinski definition) is 0. The quantitative estimate of drug-likeness (QED) is 0.570. The molecular formula is C7H5F9O2. The molecule has 0 saturated carbocycles. The molecule has 1 atom stereocenters. The Morgan fingerprint density at radius 1 is 0.889 bits per heavy atom. The maximum atomic E-state index is 12.9. The van der Waals surface area contributed by atoms with Crippen molar-refractivity contribution >= 4 is 0 Å². The minimum atomic E-state index is -6.67. The van der Waals surface area contributed by atoms with Gasteiger partial charge in [-0.2, -0.15) is 26.3 Å². The van der Waals surface area contributed by atoms with Crippen LogP contribution in [0.1, 0.15) is 0 Å². The molecule has 1 unspecified atom stereocenters. The number of ether oxygens (including phenoxy) is 2. The van der Waals surface area contributed by atoms with Gasteiger partial charge in [-0.15, -0.1) is 19.8 Å². The van der Waals surface area contributed by atoms with E-state index in [1.165, 1.54) is 0 Å². The zero-order chi connectivity index (χ0) is 14.8. The summed E-state index contributed by atoms with van der Waals surface area (Å²) in [6.07, 6.45) is -18.4. The summed E-state index contributed by atoms with van der Waals surface area (Å²) in [6.45, 7) is 1.43. The van der Waals surface area contributed by atoms with Crippen molar-refractivity contribution in [1.29, 1.82) is 0 Å². The summed E-state index contributed by atoms with van der Waals surface area (Å²) in [5, 5.41) is 0. The fourth-order valence-corrected chi connectivity index (χ4v) is 0.698. The molecule has 0 aliphatic carbocycles. The van der Waals surface area contributed by atoms with Gasteiger partial charge in [0.2, 0.25) is 0 Å². The molecule has 0 heterocycles. The van der Waals surface area contributed by atoms with Gasteiger partial charge >= 0.3 is 24.5 Å². The highest BCUT2D eigenvalue weighted by molar-refractivity contribution is 4.88. The molecule has 108 valence electrons. The van der Waals surface area contributed by atoms with Crippen molar-refractivity contribution in [2.24, 2.45) is 0 Å². The highest BCUT2D eigenvalue weighted by Crippen LogP contribution is 2.49. The Morgan fingerprint density at radius 2 is 1.33 bits per heavy atom. The third-order valence-electron chi connectivity index (χ3n) is 1.38. The van der Waals surface area contributed by atoms with E-state index in [1.54, 1.807) is 0 Å². The Morgan fingerprint density at radius 3 is 1.61 bits per heavy atom. The monoisotopic (exact) mass is 292 g/mol. The van der Waals surface area contributed by atoms with Gasteiger partial charge in [-0.3, -0.25) is 0 Å². The van der Waals surface area contributed by atoms with Crippen LogP contribution >= 0.6 is 0 Å². The topological polar surface area (TPSA) is 18.5 Å². The first kappa shape index (κ1) is 17.0. The third-order valence-corrected chi connectivity index (χ3v) is 1.38. The molecule has 0 spiro atoms. The zero-order valence-corrected chi connectivity index (χ0v) is 8.21. The maximum absolute atomic E-state index is 12.9. The second kappa shape index (κ2) is 4.96. The molecule has 0 rings (SSSR count). The predicted molar refractivity (Wildman–Crippen MR) is 38.1 cm³/mol. The lowest BCUT2D eigenvalue weighted by atomic mass is 10.2. The molecule has 0 radical (unpaired) electrons. The van der Waals surface area contributed by atoms with Crippen molar-refractivity contribution in [2.45, 2.75) is 24.5 Å². The second-order valence-corrected chi connectivity index (χ2v) is 2.76. The molecule has 0 aliphatic heterocycles. The number of rotatable bonds is 5.